The first-order chi connectivity index (χ1) is 7.02. The molecule has 4 nitrogen and oxygen atoms in total. The molecule has 15 heavy (non-hydrogen) atoms. The molecule has 0 spiro atoms. The molecule has 1 aliphatic rings. The number of fused-ring (bicyclic) bond motifs is 1. The average molecular weight is 227 g/mol. The molecule has 1 heterocycles. The van der Waals surface area contributed by atoms with E-state index in [0.717, 1.165) is 0 Å². The van der Waals surface area contributed by atoms with Gasteiger partial charge in [0.2, 0.25) is 0 Å². The number of para-hydroxylation sites is 1. The first kappa shape index (κ1) is 12.2. The van der Waals surface area contributed by atoms with Crippen LogP contribution in [0.5, 0.6) is 0 Å². The highest BCUT2D eigenvalue weighted by Gasteiger charge is 2.21. The summed E-state index contributed by atoms with van der Waals surface area (Å²) < 4.78 is 17.6. The van der Waals surface area contributed by atoms with Crippen LogP contribution in [0.4, 0.5) is 5.69 Å². The number of nitrogens with two attached hydrogens (primary N) is 1. The van der Waals surface area contributed by atoms with E-state index in [4.69, 9.17) is 8.76 Å². The van der Waals surface area contributed by atoms with Crippen molar-refractivity contribution >= 4 is 17.0 Å². The van der Waals surface area contributed by atoms with Crippen LogP contribution in [0.3, 0.4) is 0 Å². The summed E-state index contributed by atoms with van der Waals surface area (Å²) in [6.07, 6.45) is 1.20. The predicted octanol–water partition coefficient (Wildman–Crippen LogP) is 0.807. The maximum atomic E-state index is 8.78. The minimum absolute atomic E-state index is 0.674. The molecule has 0 amide bonds. The molecule has 0 saturated carbocycles. The summed E-state index contributed by atoms with van der Waals surface area (Å²) in [4.78, 5) is 2.34. The highest BCUT2D eigenvalue weighted by atomic mass is 32.2. The SMILES string of the molecule is CC1Cc2ccccc2N1C.NS(=O)[O-]. The standard InChI is InChI=1S/C10H13N.H3NO2S/c1-8-7-9-5-3-4-6-10(9)11(8)2;1-4(2)3/h3-6,8H,7H2,1-2H3;1H2,(H,2,3)/p-1. The van der Waals surface area contributed by atoms with E-state index >= 15 is 0 Å². The normalized spacial score (nSPS) is 20.3. The van der Waals surface area contributed by atoms with Gasteiger partial charge in [-0.2, -0.15) is 0 Å². The smallest absolute Gasteiger partial charge is 0.0399 e. The van der Waals surface area contributed by atoms with E-state index in [-0.39, 0.29) is 0 Å². The van der Waals surface area contributed by atoms with E-state index in [1.807, 2.05) is 0 Å². The summed E-state index contributed by atoms with van der Waals surface area (Å²) >= 11 is -2.36. The van der Waals surface area contributed by atoms with Crippen molar-refractivity contribution in [3.8, 4) is 0 Å². The van der Waals surface area contributed by atoms with Gasteiger partial charge in [0.05, 0.1) is 0 Å². The number of anilines is 1. The summed E-state index contributed by atoms with van der Waals surface area (Å²) in [5.74, 6) is 0. The van der Waals surface area contributed by atoms with E-state index in [9.17, 15) is 0 Å². The van der Waals surface area contributed by atoms with Gasteiger partial charge in [-0.3, -0.25) is 9.35 Å². The van der Waals surface area contributed by atoms with Gasteiger partial charge in [-0.25, -0.2) is 0 Å². The van der Waals surface area contributed by atoms with Gasteiger partial charge < -0.3 is 9.45 Å². The van der Waals surface area contributed by atoms with Crippen molar-refractivity contribution in [3.63, 3.8) is 0 Å². The Labute approximate surface area is 92.5 Å². The number of nitrogens with zero attached hydrogens (tertiary/aromatic N) is 1. The zero-order chi connectivity index (χ0) is 11.4. The number of hydrogen-bond donors (Lipinski definition) is 1. The molecular weight excluding hydrogens is 212 g/mol. The Balaban J connectivity index is 0.000000245. The van der Waals surface area contributed by atoms with Crippen molar-refractivity contribution in [2.45, 2.75) is 19.4 Å². The van der Waals surface area contributed by atoms with E-state index in [1.54, 1.807) is 0 Å². The maximum absolute atomic E-state index is 8.78. The van der Waals surface area contributed by atoms with Gasteiger partial charge in [-0.05, 0) is 25.0 Å². The van der Waals surface area contributed by atoms with Crippen LogP contribution in [-0.2, 0) is 17.7 Å². The van der Waals surface area contributed by atoms with Gasteiger partial charge >= 0.3 is 0 Å². The zero-order valence-electron chi connectivity index (χ0n) is 8.84. The van der Waals surface area contributed by atoms with Crippen LogP contribution in [0.25, 0.3) is 0 Å². The third-order valence-corrected chi connectivity index (χ3v) is 2.55. The monoisotopic (exact) mass is 227 g/mol. The molecule has 1 aromatic carbocycles. The molecule has 0 fully saturated rings. The molecule has 2 unspecified atom stereocenters. The highest BCUT2D eigenvalue weighted by Crippen LogP contribution is 2.29. The molecule has 0 radical (unpaired) electrons. The molecule has 2 atom stereocenters. The van der Waals surface area contributed by atoms with Crippen molar-refractivity contribution in [2.24, 2.45) is 5.14 Å². The van der Waals surface area contributed by atoms with Crippen LogP contribution in [-0.4, -0.2) is 21.9 Å². The van der Waals surface area contributed by atoms with Crippen molar-refractivity contribution in [2.75, 3.05) is 11.9 Å². The lowest BCUT2D eigenvalue weighted by Gasteiger charge is -2.17. The predicted molar refractivity (Wildman–Crippen MR) is 61.1 cm³/mol. The number of benzene rings is 1. The largest absolute Gasteiger partial charge is 0.760 e. The van der Waals surface area contributed by atoms with Gasteiger partial charge in [-0.15, -0.1) is 0 Å². The topological polar surface area (TPSA) is 69.4 Å². The minimum atomic E-state index is -2.36. The third kappa shape index (κ3) is 3.30. The number of hydrogen-bond acceptors (Lipinski definition) is 3. The second-order valence-corrected chi connectivity index (χ2v) is 4.07. The lowest BCUT2D eigenvalue weighted by atomic mass is 10.1. The van der Waals surface area contributed by atoms with Gasteiger partial charge in [0, 0.05) is 30.0 Å². The Kier molecular flexibility index (Phi) is 4.26. The van der Waals surface area contributed by atoms with Crippen LogP contribution >= 0.6 is 0 Å². The van der Waals surface area contributed by atoms with Gasteiger partial charge in [0.25, 0.3) is 0 Å². The van der Waals surface area contributed by atoms with Crippen LogP contribution < -0.4 is 10.0 Å². The molecule has 0 saturated heterocycles. The van der Waals surface area contributed by atoms with Crippen LogP contribution in [0.1, 0.15) is 12.5 Å². The van der Waals surface area contributed by atoms with Crippen LogP contribution in [0, 0.1) is 0 Å². The molecule has 0 bridgehead atoms. The van der Waals surface area contributed by atoms with E-state index in [2.05, 4.69) is 48.3 Å². The Bertz CT molecular complexity index is 353. The molecule has 0 aromatic heterocycles. The van der Waals surface area contributed by atoms with Gasteiger partial charge in [0.1, 0.15) is 0 Å². The summed E-state index contributed by atoms with van der Waals surface area (Å²) in [5.41, 5.74) is 2.89. The number of rotatable bonds is 0. The van der Waals surface area contributed by atoms with Crippen LogP contribution in [0.2, 0.25) is 0 Å². The summed E-state index contributed by atoms with van der Waals surface area (Å²) in [6.45, 7) is 2.26. The van der Waals surface area contributed by atoms with Crippen molar-refractivity contribution < 1.29 is 8.76 Å². The zero-order valence-corrected chi connectivity index (χ0v) is 9.66. The summed E-state index contributed by atoms with van der Waals surface area (Å²) in [7, 11) is 2.16. The van der Waals surface area contributed by atoms with Crippen molar-refractivity contribution in [1.82, 2.24) is 0 Å². The lowest BCUT2D eigenvalue weighted by molar-refractivity contribution is 0.539. The molecule has 0 aliphatic carbocycles. The van der Waals surface area contributed by atoms with Crippen molar-refractivity contribution in [3.05, 3.63) is 29.8 Å². The molecule has 1 aliphatic heterocycles. The van der Waals surface area contributed by atoms with E-state index in [1.165, 1.54) is 17.7 Å². The second kappa shape index (κ2) is 5.25. The molecule has 84 valence electrons. The fourth-order valence-corrected chi connectivity index (χ4v) is 1.72. The highest BCUT2D eigenvalue weighted by molar-refractivity contribution is 7.76. The number of likely N-dealkylation sites (N-methyl/N-ethyl adjacent to an activating group) is 1. The Hall–Kier alpha value is -0.910. The van der Waals surface area contributed by atoms with Crippen LogP contribution in [0.15, 0.2) is 24.3 Å². The average Bonchev–Trinajstić information content (AvgIpc) is 2.43. The first-order valence-corrected chi connectivity index (χ1v) is 5.80. The summed E-state index contributed by atoms with van der Waals surface area (Å²) in [6, 6.07) is 9.30. The van der Waals surface area contributed by atoms with E-state index in [0.29, 0.717) is 6.04 Å². The molecule has 5 heteroatoms. The third-order valence-electron chi connectivity index (χ3n) is 2.55. The maximum Gasteiger partial charge on any atom is 0.0399 e. The lowest BCUT2D eigenvalue weighted by Crippen LogP contribution is -2.23. The Morgan fingerprint density at radius 2 is 2.07 bits per heavy atom. The Morgan fingerprint density at radius 3 is 2.60 bits per heavy atom. The molecule has 1 aromatic rings. The molecular formula is C10H15N2O2S-. The molecule has 2 rings (SSSR count). The van der Waals surface area contributed by atoms with Gasteiger partial charge in [-0.1, -0.05) is 18.2 Å². The summed E-state index contributed by atoms with van der Waals surface area (Å²) in [5, 5.41) is 4.03. The fraction of sp³-hybridized carbons (Fsp3) is 0.400. The first-order valence-electron chi connectivity index (χ1n) is 4.66. The minimum Gasteiger partial charge on any atom is -0.760 e. The van der Waals surface area contributed by atoms with E-state index < -0.39 is 11.3 Å². The Morgan fingerprint density at radius 1 is 1.53 bits per heavy atom. The van der Waals surface area contributed by atoms with Gasteiger partial charge in [0.15, 0.2) is 0 Å². The second-order valence-electron chi connectivity index (χ2n) is 3.55. The fourth-order valence-electron chi connectivity index (χ4n) is 1.72. The van der Waals surface area contributed by atoms with Crippen molar-refractivity contribution in [1.29, 1.82) is 0 Å². The quantitative estimate of drug-likeness (QED) is 0.667. The molecule has 2 N–H and O–H groups in total.